The summed E-state index contributed by atoms with van der Waals surface area (Å²) < 4.78 is 17.1. The van der Waals surface area contributed by atoms with E-state index in [0.29, 0.717) is 24.7 Å². The molecule has 0 aliphatic carbocycles. The molecule has 1 aliphatic rings. The first-order chi connectivity index (χ1) is 10.7. The third-order valence-corrected chi connectivity index (χ3v) is 4.48. The molecule has 3 rings (SSSR count). The predicted molar refractivity (Wildman–Crippen MR) is 88.3 cm³/mol. The fourth-order valence-electron chi connectivity index (χ4n) is 1.95. The lowest BCUT2D eigenvalue weighted by Crippen LogP contribution is -2.15. The fraction of sp³-hybridized carbons (Fsp3) is 0.188. The summed E-state index contributed by atoms with van der Waals surface area (Å²) in [7, 11) is 0. The standard InChI is InChI=1S/C16H13BrO4S/c17-13-8-15-14(19-4-5-20-15)7-12(13)9-21-16(18)2-1-11-3-6-22-10-11/h1-3,6-8,10H,4-5,9H2/b2-1+. The van der Waals surface area contributed by atoms with E-state index in [4.69, 9.17) is 14.2 Å². The minimum Gasteiger partial charge on any atom is -0.486 e. The Kier molecular flexibility index (Phi) is 4.80. The lowest BCUT2D eigenvalue weighted by atomic mass is 10.2. The van der Waals surface area contributed by atoms with Crippen molar-refractivity contribution in [3.8, 4) is 11.5 Å². The largest absolute Gasteiger partial charge is 0.486 e. The highest BCUT2D eigenvalue weighted by Gasteiger charge is 2.15. The van der Waals surface area contributed by atoms with Gasteiger partial charge in [0.15, 0.2) is 11.5 Å². The number of esters is 1. The van der Waals surface area contributed by atoms with E-state index >= 15 is 0 Å². The zero-order chi connectivity index (χ0) is 15.4. The second-order valence-electron chi connectivity index (χ2n) is 4.59. The van der Waals surface area contributed by atoms with Crippen molar-refractivity contribution in [2.24, 2.45) is 0 Å². The minimum absolute atomic E-state index is 0.171. The molecule has 4 nitrogen and oxygen atoms in total. The molecule has 22 heavy (non-hydrogen) atoms. The monoisotopic (exact) mass is 380 g/mol. The summed E-state index contributed by atoms with van der Waals surface area (Å²) in [4.78, 5) is 11.7. The molecule has 1 aliphatic heterocycles. The first kappa shape index (κ1) is 15.1. The van der Waals surface area contributed by atoms with E-state index in [0.717, 1.165) is 15.6 Å². The molecule has 2 heterocycles. The fourth-order valence-corrected chi connectivity index (χ4v) is 3.01. The number of fused-ring (bicyclic) bond motifs is 1. The smallest absolute Gasteiger partial charge is 0.331 e. The Morgan fingerprint density at radius 2 is 2.09 bits per heavy atom. The predicted octanol–water partition coefficient (Wildman–Crippen LogP) is 4.04. The molecule has 0 fully saturated rings. The molecule has 0 spiro atoms. The number of benzene rings is 1. The molecule has 0 bridgehead atoms. The molecule has 0 N–H and O–H groups in total. The van der Waals surface area contributed by atoms with Crippen molar-refractivity contribution in [2.75, 3.05) is 13.2 Å². The van der Waals surface area contributed by atoms with Crippen molar-refractivity contribution in [3.05, 3.63) is 50.6 Å². The molecule has 0 unspecified atom stereocenters. The van der Waals surface area contributed by atoms with Crippen LogP contribution in [0.25, 0.3) is 6.08 Å². The third kappa shape index (κ3) is 3.69. The molecule has 0 radical (unpaired) electrons. The van der Waals surface area contributed by atoms with Crippen LogP contribution in [-0.2, 0) is 16.1 Å². The average molecular weight is 381 g/mol. The van der Waals surface area contributed by atoms with Crippen LogP contribution in [0.3, 0.4) is 0 Å². The Morgan fingerprint density at radius 1 is 1.32 bits per heavy atom. The van der Waals surface area contributed by atoms with Crippen molar-refractivity contribution < 1.29 is 19.0 Å². The van der Waals surface area contributed by atoms with Gasteiger partial charge >= 0.3 is 5.97 Å². The van der Waals surface area contributed by atoms with Gasteiger partial charge in [-0.2, -0.15) is 11.3 Å². The van der Waals surface area contributed by atoms with Gasteiger partial charge < -0.3 is 14.2 Å². The van der Waals surface area contributed by atoms with Gasteiger partial charge in [0, 0.05) is 16.1 Å². The quantitative estimate of drug-likeness (QED) is 0.593. The summed E-state index contributed by atoms with van der Waals surface area (Å²) in [5, 5.41) is 3.92. The number of halogens is 1. The summed E-state index contributed by atoms with van der Waals surface area (Å²) in [6, 6.07) is 5.60. The van der Waals surface area contributed by atoms with Gasteiger partial charge in [-0.05, 0) is 40.6 Å². The molecule has 6 heteroatoms. The number of carbonyl (C=O) groups excluding carboxylic acids is 1. The molecule has 1 aromatic carbocycles. The molecule has 0 saturated carbocycles. The van der Waals surface area contributed by atoms with Crippen LogP contribution in [0.1, 0.15) is 11.1 Å². The zero-order valence-corrected chi connectivity index (χ0v) is 14.0. The number of carbonyl (C=O) groups is 1. The van der Waals surface area contributed by atoms with Crippen LogP contribution in [0, 0.1) is 0 Å². The van der Waals surface area contributed by atoms with Gasteiger partial charge in [0.05, 0.1) is 0 Å². The van der Waals surface area contributed by atoms with E-state index in [9.17, 15) is 4.79 Å². The maximum absolute atomic E-state index is 11.7. The number of ether oxygens (including phenoxy) is 3. The second kappa shape index (κ2) is 6.98. The summed E-state index contributed by atoms with van der Waals surface area (Å²) >= 11 is 5.03. The summed E-state index contributed by atoms with van der Waals surface area (Å²) in [5.41, 5.74) is 1.82. The number of hydrogen-bond acceptors (Lipinski definition) is 5. The molecule has 1 aromatic heterocycles. The highest BCUT2D eigenvalue weighted by Crippen LogP contribution is 2.35. The van der Waals surface area contributed by atoms with Crippen LogP contribution in [0.2, 0.25) is 0 Å². The number of hydrogen-bond donors (Lipinski definition) is 0. The SMILES string of the molecule is O=C(/C=C/c1ccsc1)OCc1cc2c(cc1Br)OCCO2. The topological polar surface area (TPSA) is 44.8 Å². The van der Waals surface area contributed by atoms with Crippen LogP contribution < -0.4 is 9.47 Å². The van der Waals surface area contributed by atoms with Crippen molar-refractivity contribution in [3.63, 3.8) is 0 Å². The van der Waals surface area contributed by atoms with Crippen LogP contribution in [0.4, 0.5) is 0 Å². The lowest BCUT2D eigenvalue weighted by molar-refractivity contribution is -0.138. The van der Waals surface area contributed by atoms with Crippen LogP contribution in [0.15, 0.2) is 39.5 Å². The Hall–Kier alpha value is -1.79. The van der Waals surface area contributed by atoms with Crippen LogP contribution >= 0.6 is 27.3 Å². The Balaban J connectivity index is 1.62. The number of rotatable bonds is 4. The minimum atomic E-state index is -0.381. The van der Waals surface area contributed by atoms with Gasteiger partial charge in [-0.3, -0.25) is 0 Å². The molecule has 114 valence electrons. The van der Waals surface area contributed by atoms with Crippen molar-refractivity contribution in [2.45, 2.75) is 6.61 Å². The highest BCUT2D eigenvalue weighted by atomic mass is 79.9. The van der Waals surface area contributed by atoms with Gasteiger partial charge in [0.1, 0.15) is 19.8 Å². The van der Waals surface area contributed by atoms with Crippen LogP contribution in [-0.4, -0.2) is 19.2 Å². The highest BCUT2D eigenvalue weighted by molar-refractivity contribution is 9.10. The molecule has 0 atom stereocenters. The molecule has 2 aromatic rings. The molecular weight excluding hydrogens is 368 g/mol. The molecule has 0 amide bonds. The van der Waals surface area contributed by atoms with E-state index in [1.165, 1.54) is 6.08 Å². The van der Waals surface area contributed by atoms with Crippen LogP contribution in [0.5, 0.6) is 11.5 Å². The third-order valence-electron chi connectivity index (χ3n) is 3.04. The summed E-state index contributed by atoms with van der Waals surface area (Å²) in [6.45, 7) is 1.24. The maximum Gasteiger partial charge on any atom is 0.331 e. The van der Waals surface area contributed by atoms with Gasteiger partial charge in [-0.1, -0.05) is 15.9 Å². The van der Waals surface area contributed by atoms with Crippen molar-refractivity contribution >= 4 is 39.3 Å². The average Bonchev–Trinajstić information content (AvgIpc) is 3.04. The maximum atomic E-state index is 11.7. The first-order valence-electron chi connectivity index (χ1n) is 6.67. The molecule has 0 saturated heterocycles. The Labute approximate surface area is 140 Å². The van der Waals surface area contributed by atoms with Gasteiger partial charge in [0.25, 0.3) is 0 Å². The number of thiophene rings is 1. The van der Waals surface area contributed by atoms with Gasteiger partial charge in [0.2, 0.25) is 0 Å². The van der Waals surface area contributed by atoms with Crippen molar-refractivity contribution in [1.29, 1.82) is 0 Å². The van der Waals surface area contributed by atoms with E-state index in [1.54, 1.807) is 17.4 Å². The Bertz CT molecular complexity index is 694. The van der Waals surface area contributed by atoms with E-state index < -0.39 is 0 Å². The van der Waals surface area contributed by atoms with Crippen molar-refractivity contribution in [1.82, 2.24) is 0 Å². The first-order valence-corrected chi connectivity index (χ1v) is 8.41. The van der Waals surface area contributed by atoms with Gasteiger partial charge in [-0.25, -0.2) is 4.79 Å². The normalized spacial score (nSPS) is 13.3. The Morgan fingerprint density at radius 3 is 2.82 bits per heavy atom. The summed E-state index contributed by atoms with van der Waals surface area (Å²) in [6.07, 6.45) is 3.16. The van der Waals surface area contributed by atoms with E-state index in [2.05, 4.69) is 15.9 Å². The molecular formula is C16H13BrO4S. The lowest BCUT2D eigenvalue weighted by Gasteiger charge is -2.19. The second-order valence-corrected chi connectivity index (χ2v) is 6.22. The van der Waals surface area contributed by atoms with E-state index in [-0.39, 0.29) is 12.6 Å². The zero-order valence-electron chi connectivity index (χ0n) is 11.6. The summed E-state index contributed by atoms with van der Waals surface area (Å²) in [5.74, 6) is 0.993. The van der Waals surface area contributed by atoms with Gasteiger partial charge in [-0.15, -0.1) is 0 Å². The van der Waals surface area contributed by atoms with E-state index in [1.807, 2.05) is 29.0 Å².